The first-order valence-electron chi connectivity index (χ1n) is 6.45. The van der Waals surface area contributed by atoms with Crippen LogP contribution in [-0.4, -0.2) is 17.6 Å². The second-order valence-corrected chi connectivity index (χ2v) is 4.41. The number of carbonyl (C=O) groups excluding carboxylic acids is 1. The minimum atomic E-state index is -0.224. The molecule has 1 aromatic rings. The van der Waals surface area contributed by atoms with Crippen LogP contribution in [0.1, 0.15) is 54.0 Å². The lowest BCUT2D eigenvalue weighted by atomic mass is 10.1. The van der Waals surface area contributed by atoms with Gasteiger partial charge in [0.05, 0.1) is 17.9 Å². The van der Waals surface area contributed by atoms with E-state index in [1.165, 1.54) is 11.3 Å². The molecule has 1 aliphatic carbocycles. The zero-order valence-corrected chi connectivity index (χ0v) is 10.6. The maximum Gasteiger partial charge on any atom is 0.339 e. The summed E-state index contributed by atoms with van der Waals surface area (Å²) in [6, 6.07) is 2.00. The molecule has 0 bridgehead atoms. The topological polar surface area (TPSA) is 39.2 Å². The molecular formula is C14H19NO2. The highest BCUT2D eigenvalue weighted by Gasteiger charge is 2.20. The van der Waals surface area contributed by atoms with Gasteiger partial charge in [-0.15, -0.1) is 0 Å². The highest BCUT2D eigenvalue weighted by atomic mass is 16.5. The van der Waals surface area contributed by atoms with Crippen molar-refractivity contribution in [1.82, 2.24) is 4.98 Å². The van der Waals surface area contributed by atoms with Crippen LogP contribution in [0.4, 0.5) is 0 Å². The van der Waals surface area contributed by atoms with E-state index in [0.717, 1.165) is 37.8 Å². The lowest BCUT2D eigenvalue weighted by molar-refractivity contribution is 0.0524. The molecule has 0 spiro atoms. The van der Waals surface area contributed by atoms with Crippen LogP contribution >= 0.6 is 0 Å². The first kappa shape index (κ1) is 12.1. The van der Waals surface area contributed by atoms with Crippen molar-refractivity contribution in [3.05, 3.63) is 28.6 Å². The monoisotopic (exact) mass is 233 g/mol. The Morgan fingerprint density at radius 2 is 2.24 bits per heavy atom. The second kappa shape index (κ2) is 5.30. The number of nitrogens with zero attached hydrogens (tertiary/aromatic N) is 1. The molecule has 2 rings (SSSR count). The Morgan fingerprint density at radius 3 is 2.94 bits per heavy atom. The van der Waals surface area contributed by atoms with E-state index in [4.69, 9.17) is 4.74 Å². The lowest BCUT2D eigenvalue weighted by Crippen LogP contribution is -2.11. The summed E-state index contributed by atoms with van der Waals surface area (Å²) < 4.78 is 5.10. The highest BCUT2D eigenvalue weighted by Crippen LogP contribution is 2.24. The molecule has 3 heteroatoms. The minimum absolute atomic E-state index is 0.224. The predicted molar refractivity (Wildman–Crippen MR) is 66.2 cm³/mol. The van der Waals surface area contributed by atoms with Crippen LogP contribution in [0.15, 0.2) is 6.07 Å². The second-order valence-electron chi connectivity index (χ2n) is 4.41. The lowest BCUT2D eigenvalue weighted by Gasteiger charge is -2.10. The van der Waals surface area contributed by atoms with Crippen molar-refractivity contribution in [1.29, 1.82) is 0 Å². The van der Waals surface area contributed by atoms with Gasteiger partial charge in [-0.1, -0.05) is 13.3 Å². The Labute approximate surface area is 102 Å². The van der Waals surface area contributed by atoms with Gasteiger partial charge in [0.25, 0.3) is 0 Å². The van der Waals surface area contributed by atoms with Gasteiger partial charge in [-0.2, -0.15) is 0 Å². The van der Waals surface area contributed by atoms with Crippen molar-refractivity contribution in [2.75, 3.05) is 6.61 Å². The number of esters is 1. The molecule has 0 radical (unpaired) electrons. The normalized spacial score (nSPS) is 13.5. The molecule has 0 fully saturated rings. The third-order valence-corrected chi connectivity index (χ3v) is 3.11. The van der Waals surface area contributed by atoms with Gasteiger partial charge in [-0.25, -0.2) is 4.79 Å². The molecule has 92 valence electrons. The summed E-state index contributed by atoms with van der Waals surface area (Å²) in [5, 5.41) is 0. The first-order valence-corrected chi connectivity index (χ1v) is 6.45. The van der Waals surface area contributed by atoms with Gasteiger partial charge in [-0.05, 0) is 44.2 Å². The highest BCUT2D eigenvalue weighted by molar-refractivity contribution is 5.91. The van der Waals surface area contributed by atoms with Gasteiger partial charge >= 0.3 is 5.97 Å². The zero-order chi connectivity index (χ0) is 12.3. The van der Waals surface area contributed by atoms with E-state index in [1.807, 2.05) is 13.0 Å². The Morgan fingerprint density at radius 1 is 1.41 bits per heavy atom. The van der Waals surface area contributed by atoms with E-state index in [0.29, 0.717) is 12.2 Å². The average Bonchev–Trinajstić information content (AvgIpc) is 2.75. The molecular weight excluding hydrogens is 214 g/mol. The fourth-order valence-electron chi connectivity index (χ4n) is 2.33. The van der Waals surface area contributed by atoms with Crippen molar-refractivity contribution >= 4 is 5.97 Å². The molecule has 0 unspecified atom stereocenters. The Balaban J connectivity index is 2.37. The number of hydrogen-bond acceptors (Lipinski definition) is 3. The van der Waals surface area contributed by atoms with Crippen LogP contribution in [-0.2, 0) is 24.0 Å². The summed E-state index contributed by atoms with van der Waals surface area (Å²) >= 11 is 0. The summed E-state index contributed by atoms with van der Waals surface area (Å²) in [5.41, 5.74) is 4.00. The molecule has 17 heavy (non-hydrogen) atoms. The predicted octanol–water partition coefficient (Wildman–Crippen LogP) is 2.70. The number of ether oxygens (including phenoxy) is 1. The number of hydrogen-bond donors (Lipinski definition) is 0. The van der Waals surface area contributed by atoms with Gasteiger partial charge in [0, 0.05) is 5.69 Å². The smallest absolute Gasteiger partial charge is 0.339 e. The third kappa shape index (κ3) is 2.48. The number of aromatic nitrogens is 1. The fourth-order valence-corrected chi connectivity index (χ4v) is 2.33. The Bertz CT molecular complexity index is 426. The third-order valence-electron chi connectivity index (χ3n) is 3.11. The largest absolute Gasteiger partial charge is 0.462 e. The summed E-state index contributed by atoms with van der Waals surface area (Å²) in [7, 11) is 0. The number of pyridine rings is 1. The van der Waals surface area contributed by atoms with Crippen molar-refractivity contribution in [2.45, 2.75) is 46.0 Å². The fraction of sp³-hybridized carbons (Fsp3) is 0.571. The van der Waals surface area contributed by atoms with Crippen LogP contribution in [0.2, 0.25) is 0 Å². The van der Waals surface area contributed by atoms with E-state index < -0.39 is 0 Å². The van der Waals surface area contributed by atoms with Crippen molar-refractivity contribution in [2.24, 2.45) is 0 Å². The number of carbonyl (C=O) groups is 1. The van der Waals surface area contributed by atoms with Crippen molar-refractivity contribution in [3.8, 4) is 0 Å². The first-order chi connectivity index (χ1) is 8.26. The number of fused-ring (bicyclic) bond motifs is 1. The van der Waals surface area contributed by atoms with Crippen molar-refractivity contribution < 1.29 is 9.53 Å². The van der Waals surface area contributed by atoms with E-state index in [2.05, 4.69) is 11.9 Å². The maximum atomic E-state index is 11.9. The van der Waals surface area contributed by atoms with Crippen LogP contribution in [0.5, 0.6) is 0 Å². The Hall–Kier alpha value is -1.38. The van der Waals surface area contributed by atoms with Crippen LogP contribution < -0.4 is 0 Å². The molecule has 0 aliphatic heterocycles. The molecule has 1 aromatic heterocycles. The molecule has 0 aromatic carbocycles. The molecule has 0 amide bonds. The van der Waals surface area contributed by atoms with Gasteiger partial charge < -0.3 is 4.74 Å². The van der Waals surface area contributed by atoms with E-state index >= 15 is 0 Å². The molecule has 0 N–H and O–H groups in total. The molecule has 0 saturated carbocycles. The van der Waals surface area contributed by atoms with Gasteiger partial charge in [0.2, 0.25) is 0 Å². The van der Waals surface area contributed by atoms with E-state index in [1.54, 1.807) is 0 Å². The average molecular weight is 233 g/mol. The maximum absolute atomic E-state index is 11.9. The van der Waals surface area contributed by atoms with Crippen LogP contribution in [0.25, 0.3) is 0 Å². The van der Waals surface area contributed by atoms with Crippen molar-refractivity contribution in [3.63, 3.8) is 0 Å². The molecule has 0 saturated heterocycles. The summed E-state index contributed by atoms with van der Waals surface area (Å²) in [6.07, 6.45) is 5.09. The summed E-state index contributed by atoms with van der Waals surface area (Å²) in [5.74, 6) is -0.224. The molecule has 0 atom stereocenters. The van der Waals surface area contributed by atoms with Crippen LogP contribution in [0.3, 0.4) is 0 Å². The number of aryl methyl sites for hydroxylation is 3. The zero-order valence-electron chi connectivity index (χ0n) is 10.6. The van der Waals surface area contributed by atoms with Gasteiger partial charge in [-0.3, -0.25) is 4.98 Å². The Kier molecular flexibility index (Phi) is 3.77. The van der Waals surface area contributed by atoms with Gasteiger partial charge in [0.15, 0.2) is 0 Å². The van der Waals surface area contributed by atoms with Crippen LogP contribution in [0, 0.1) is 0 Å². The standard InChI is InChI=1S/C14H19NO2/c1-3-6-13-11(14(16)17-4-2)9-10-7-5-8-12(10)15-13/h9H,3-8H2,1-2H3. The summed E-state index contributed by atoms with van der Waals surface area (Å²) in [4.78, 5) is 16.5. The molecule has 3 nitrogen and oxygen atoms in total. The van der Waals surface area contributed by atoms with E-state index in [-0.39, 0.29) is 5.97 Å². The van der Waals surface area contributed by atoms with E-state index in [9.17, 15) is 4.79 Å². The van der Waals surface area contributed by atoms with Gasteiger partial charge in [0.1, 0.15) is 0 Å². The molecule has 1 heterocycles. The minimum Gasteiger partial charge on any atom is -0.462 e. The SMILES string of the molecule is CCCc1nc2c(cc1C(=O)OCC)CCC2. The molecule has 1 aliphatic rings. The number of rotatable bonds is 4. The summed E-state index contributed by atoms with van der Waals surface area (Å²) in [6.45, 7) is 4.35. The quantitative estimate of drug-likeness (QED) is 0.751.